The van der Waals surface area contributed by atoms with E-state index in [1.807, 2.05) is 0 Å². The summed E-state index contributed by atoms with van der Waals surface area (Å²) in [4.78, 5) is 14.7. The number of nitrogens with zero attached hydrogens (tertiary/aromatic N) is 1. The van der Waals surface area contributed by atoms with E-state index in [9.17, 15) is 4.79 Å². The molecule has 23 heavy (non-hydrogen) atoms. The second-order valence-electron chi connectivity index (χ2n) is 6.05. The number of nitrogens with one attached hydrogen (secondary N) is 1. The van der Waals surface area contributed by atoms with Crippen molar-refractivity contribution in [3.8, 4) is 5.75 Å². The number of carbonyl (C=O) groups is 1. The van der Waals surface area contributed by atoms with Crippen LogP contribution >= 0.6 is 11.6 Å². The third kappa shape index (κ3) is 5.11. The molecule has 2 rings (SSSR count). The van der Waals surface area contributed by atoms with E-state index in [4.69, 9.17) is 16.3 Å². The second kappa shape index (κ2) is 9.14. The van der Waals surface area contributed by atoms with E-state index in [1.165, 1.54) is 32.2 Å². The standard InChI is InChI=1S/C18H27ClN2O2/c1-3-15-7-4-5-11-21(15)12-6-10-20-18(22)14-8-9-17(23-2)16(19)13-14/h8-9,13,15H,3-7,10-12H2,1-2H3,(H,20,22)/t15-/m1/s1. The van der Waals surface area contributed by atoms with Gasteiger partial charge in [-0.2, -0.15) is 0 Å². The maximum Gasteiger partial charge on any atom is 0.251 e. The van der Waals surface area contributed by atoms with Gasteiger partial charge in [0.05, 0.1) is 12.1 Å². The Bertz CT molecular complexity index is 522. The summed E-state index contributed by atoms with van der Waals surface area (Å²) in [5.41, 5.74) is 0.570. The van der Waals surface area contributed by atoms with Gasteiger partial charge in [-0.15, -0.1) is 0 Å². The molecule has 1 aromatic rings. The quantitative estimate of drug-likeness (QED) is 0.770. The van der Waals surface area contributed by atoms with Crippen LogP contribution in [0.4, 0.5) is 0 Å². The first-order valence-corrected chi connectivity index (χ1v) is 8.89. The van der Waals surface area contributed by atoms with Crippen molar-refractivity contribution in [1.82, 2.24) is 10.2 Å². The number of rotatable bonds is 7. The highest BCUT2D eigenvalue weighted by molar-refractivity contribution is 6.32. The van der Waals surface area contributed by atoms with Gasteiger partial charge in [-0.05, 0) is 50.4 Å². The maximum atomic E-state index is 12.1. The molecule has 0 saturated carbocycles. The van der Waals surface area contributed by atoms with Crippen molar-refractivity contribution in [1.29, 1.82) is 0 Å². The van der Waals surface area contributed by atoms with Crippen molar-refractivity contribution in [2.75, 3.05) is 26.7 Å². The molecule has 0 spiro atoms. The molecule has 1 aliphatic rings. The fourth-order valence-corrected chi connectivity index (χ4v) is 3.47. The number of carbonyl (C=O) groups excluding carboxylic acids is 1. The Morgan fingerprint density at radius 1 is 1.43 bits per heavy atom. The van der Waals surface area contributed by atoms with Gasteiger partial charge in [-0.1, -0.05) is 24.9 Å². The van der Waals surface area contributed by atoms with Crippen molar-refractivity contribution in [2.24, 2.45) is 0 Å². The Labute approximate surface area is 144 Å². The Balaban J connectivity index is 1.75. The Morgan fingerprint density at radius 3 is 2.96 bits per heavy atom. The van der Waals surface area contributed by atoms with Gasteiger partial charge in [0.2, 0.25) is 0 Å². The lowest BCUT2D eigenvalue weighted by Gasteiger charge is -2.35. The third-order valence-electron chi connectivity index (χ3n) is 4.54. The minimum Gasteiger partial charge on any atom is -0.495 e. The molecule has 1 amide bonds. The van der Waals surface area contributed by atoms with Gasteiger partial charge < -0.3 is 15.0 Å². The lowest BCUT2D eigenvalue weighted by atomic mass is 10.00. The predicted molar refractivity (Wildman–Crippen MR) is 94.5 cm³/mol. The van der Waals surface area contributed by atoms with Gasteiger partial charge in [0.15, 0.2) is 0 Å². The normalized spacial score (nSPS) is 18.7. The molecular weight excluding hydrogens is 312 g/mol. The fraction of sp³-hybridized carbons (Fsp3) is 0.611. The number of amides is 1. The minimum atomic E-state index is -0.0831. The van der Waals surface area contributed by atoms with Crippen molar-refractivity contribution in [3.05, 3.63) is 28.8 Å². The summed E-state index contributed by atoms with van der Waals surface area (Å²) in [5.74, 6) is 0.499. The molecule has 1 fully saturated rings. The summed E-state index contributed by atoms with van der Waals surface area (Å²) in [7, 11) is 1.56. The number of methoxy groups -OCH3 is 1. The summed E-state index contributed by atoms with van der Waals surface area (Å²) in [6.45, 7) is 5.20. The van der Waals surface area contributed by atoms with Gasteiger partial charge in [-0.3, -0.25) is 4.79 Å². The van der Waals surface area contributed by atoms with Crippen LogP contribution in [0.15, 0.2) is 18.2 Å². The lowest BCUT2D eigenvalue weighted by Crippen LogP contribution is -2.40. The van der Waals surface area contributed by atoms with E-state index in [-0.39, 0.29) is 5.91 Å². The number of ether oxygens (including phenoxy) is 1. The molecule has 1 atom stereocenters. The number of hydrogen-bond donors (Lipinski definition) is 1. The third-order valence-corrected chi connectivity index (χ3v) is 4.84. The van der Waals surface area contributed by atoms with Gasteiger partial charge in [0, 0.05) is 24.7 Å². The van der Waals surface area contributed by atoms with Gasteiger partial charge >= 0.3 is 0 Å². The van der Waals surface area contributed by atoms with Crippen LogP contribution in [0, 0.1) is 0 Å². The van der Waals surface area contributed by atoms with Crippen molar-refractivity contribution in [2.45, 2.75) is 45.1 Å². The highest BCUT2D eigenvalue weighted by Gasteiger charge is 2.19. The first kappa shape index (κ1) is 18.1. The fourth-order valence-electron chi connectivity index (χ4n) is 3.21. The smallest absolute Gasteiger partial charge is 0.251 e. The molecule has 0 aliphatic carbocycles. The van der Waals surface area contributed by atoms with E-state index < -0.39 is 0 Å². The molecule has 5 heteroatoms. The Hall–Kier alpha value is -1.26. The second-order valence-corrected chi connectivity index (χ2v) is 6.46. The van der Waals surface area contributed by atoms with Gasteiger partial charge in [-0.25, -0.2) is 0 Å². The predicted octanol–water partition coefficient (Wildman–Crippen LogP) is 3.73. The summed E-state index contributed by atoms with van der Waals surface area (Å²) >= 11 is 6.06. The van der Waals surface area contributed by atoms with Crippen molar-refractivity contribution in [3.63, 3.8) is 0 Å². The molecule has 1 aliphatic heterocycles. The first-order valence-electron chi connectivity index (χ1n) is 8.51. The molecule has 0 bridgehead atoms. The average Bonchev–Trinajstić information content (AvgIpc) is 2.58. The average molecular weight is 339 g/mol. The summed E-state index contributed by atoms with van der Waals surface area (Å²) in [6, 6.07) is 5.82. The van der Waals surface area contributed by atoms with Crippen LogP contribution in [0.3, 0.4) is 0 Å². The van der Waals surface area contributed by atoms with Crippen LogP contribution in [-0.2, 0) is 0 Å². The van der Waals surface area contributed by atoms with E-state index in [0.29, 0.717) is 22.9 Å². The Morgan fingerprint density at radius 2 is 2.26 bits per heavy atom. The number of likely N-dealkylation sites (tertiary alicyclic amines) is 1. The van der Waals surface area contributed by atoms with Crippen LogP contribution in [0.2, 0.25) is 5.02 Å². The van der Waals surface area contributed by atoms with Crippen LogP contribution < -0.4 is 10.1 Å². The lowest BCUT2D eigenvalue weighted by molar-refractivity contribution is 0.0947. The summed E-state index contributed by atoms with van der Waals surface area (Å²) in [5, 5.41) is 3.43. The first-order chi connectivity index (χ1) is 11.2. The molecule has 1 heterocycles. The van der Waals surface area contributed by atoms with Crippen LogP contribution in [0.5, 0.6) is 5.75 Å². The molecule has 0 unspecified atom stereocenters. The molecule has 0 radical (unpaired) electrons. The van der Waals surface area contributed by atoms with Crippen molar-refractivity contribution < 1.29 is 9.53 Å². The van der Waals surface area contributed by atoms with Crippen LogP contribution in [-0.4, -0.2) is 43.6 Å². The maximum absolute atomic E-state index is 12.1. The number of benzene rings is 1. The van der Waals surface area contributed by atoms with E-state index in [1.54, 1.807) is 25.3 Å². The largest absolute Gasteiger partial charge is 0.495 e. The molecular formula is C18H27ClN2O2. The van der Waals surface area contributed by atoms with E-state index in [0.717, 1.165) is 19.0 Å². The van der Waals surface area contributed by atoms with E-state index >= 15 is 0 Å². The van der Waals surface area contributed by atoms with Gasteiger partial charge in [0.25, 0.3) is 5.91 Å². The van der Waals surface area contributed by atoms with Crippen molar-refractivity contribution >= 4 is 17.5 Å². The minimum absolute atomic E-state index is 0.0831. The zero-order chi connectivity index (χ0) is 16.7. The highest BCUT2D eigenvalue weighted by atomic mass is 35.5. The molecule has 1 saturated heterocycles. The SMILES string of the molecule is CC[C@@H]1CCCCN1CCCNC(=O)c1ccc(OC)c(Cl)c1. The topological polar surface area (TPSA) is 41.6 Å². The monoisotopic (exact) mass is 338 g/mol. The number of halogens is 1. The molecule has 0 aromatic heterocycles. The van der Waals surface area contributed by atoms with Crippen LogP contribution in [0.25, 0.3) is 0 Å². The molecule has 128 valence electrons. The molecule has 1 N–H and O–H groups in total. The molecule has 1 aromatic carbocycles. The van der Waals surface area contributed by atoms with Crippen LogP contribution in [0.1, 0.15) is 49.4 Å². The zero-order valence-electron chi connectivity index (χ0n) is 14.1. The summed E-state index contributed by atoms with van der Waals surface area (Å²) < 4.78 is 5.10. The Kier molecular flexibility index (Phi) is 7.18. The van der Waals surface area contributed by atoms with Gasteiger partial charge in [0.1, 0.15) is 5.75 Å². The number of piperidine rings is 1. The highest BCUT2D eigenvalue weighted by Crippen LogP contribution is 2.24. The summed E-state index contributed by atoms with van der Waals surface area (Å²) in [6.07, 6.45) is 6.16. The molecule has 4 nitrogen and oxygen atoms in total. The van der Waals surface area contributed by atoms with E-state index in [2.05, 4.69) is 17.1 Å². The number of hydrogen-bond acceptors (Lipinski definition) is 3. The zero-order valence-corrected chi connectivity index (χ0v) is 14.9.